The minimum atomic E-state index is -1.40. The fourth-order valence-corrected chi connectivity index (χ4v) is 1.44. The molecule has 0 aromatic heterocycles. The standard InChI is InChI=1S/C11H14OSi/c1-13(2,3)9-8-11(12)10-6-4-5-7-10/h4-7,10H,1-3H3. The van der Waals surface area contributed by atoms with E-state index in [0.29, 0.717) is 0 Å². The number of hydrogen-bond donors (Lipinski definition) is 0. The molecular formula is C11H14OSi. The van der Waals surface area contributed by atoms with Gasteiger partial charge in [0.1, 0.15) is 8.07 Å². The molecule has 68 valence electrons. The highest BCUT2D eigenvalue weighted by atomic mass is 28.3. The van der Waals surface area contributed by atoms with Gasteiger partial charge < -0.3 is 0 Å². The number of carbonyl (C=O) groups is 1. The van der Waals surface area contributed by atoms with Crippen molar-refractivity contribution in [2.24, 2.45) is 5.92 Å². The summed E-state index contributed by atoms with van der Waals surface area (Å²) in [7, 11) is -1.40. The van der Waals surface area contributed by atoms with E-state index >= 15 is 0 Å². The van der Waals surface area contributed by atoms with E-state index in [4.69, 9.17) is 0 Å². The fourth-order valence-electron chi connectivity index (χ4n) is 0.939. The monoisotopic (exact) mass is 190 g/mol. The molecule has 0 saturated carbocycles. The molecule has 0 amide bonds. The lowest BCUT2D eigenvalue weighted by atomic mass is 10.1. The van der Waals surface area contributed by atoms with Crippen LogP contribution in [-0.2, 0) is 4.79 Å². The Kier molecular flexibility index (Phi) is 2.89. The Morgan fingerprint density at radius 1 is 1.23 bits per heavy atom. The van der Waals surface area contributed by atoms with Gasteiger partial charge in [-0.15, -0.1) is 5.54 Å². The molecule has 0 saturated heterocycles. The van der Waals surface area contributed by atoms with Gasteiger partial charge in [0, 0.05) is 0 Å². The zero-order valence-electron chi connectivity index (χ0n) is 8.29. The van der Waals surface area contributed by atoms with Gasteiger partial charge in [-0.2, -0.15) is 0 Å². The van der Waals surface area contributed by atoms with Crippen LogP contribution in [-0.4, -0.2) is 13.9 Å². The summed E-state index contributed by atoms with van der Waals surface area (Å²) in [6.07, 6.45) is 7.53. The van der Waals surface area contributed by atoms with Crippen LogP contribution < -0.4 is 0 Å². The second-order valence-electron chi connectivity index (χ2n) is 4.16. The van der Waals surface area contributed by atoms with Gasteiger partial charge in [0.25, 0.3) is 0 Å². The van der Waals surface area contributed by atoms with E-state index in [2.05, 4.69) is 31.1 Å². The Bertz CT molecular complexity index is 308. The van der Waals surface area contributed by atoms with Crippen LogP contribution in [0.2, 0.25) is 19.6 Å². The summed E-state index contributed by atoms with van der Waals surface area (Å²) >= 11 is 0. The van der Waals surface area contributed by atoms with Crippen molar-refractivity contribution in [3.8, 4) is 11.5 Å². The van der Waals surface area contributed by atoms with E-state index < -0.39 is 8.07 Å². The van der Waals surface area contributed by atoms with Crippen molar-refractivity contribution in [1.29, 1.82) is 0 Å². The minimum Gasteiger partial charge on any atom is -0.284 e. The second kappa shape index (κ2) is 3.76. The molecule has 2 heteroatoms. The Labute approximate surface area is 80.5 Å². The quantitative estimate of drug-likeness (QED) is 0.457. The zero-order chi connectivity index (χ0) is 9.90. The van der Waals surface area contributed by atoms with Gasteiger partial charge in [-0.1, -0.05) is 43.9 Å². The maximum atomic E-state index is 11.4. The van der Waals surface area contributed by atoms with Crippen LogP contribution in [0.4, 0.5) is 0 Å². The lowest BCUT2D eigenvalue weighted by Crippen LogP contribution is -2.18. The first kappa shape index (κ1) is 10.0. The number of Topliss-reactive ketones (excluding diaryl/α,β-unsaturated/α-hetero) is 1. The Morgan fingerprint density at radius 3 is 2.23 bits per heavy atom. The van der Waals surface area contributed by atoms with Crippen molar-refractivity contribution in [1.82, 2.24) is 0 Å². The van der Waals surface area contributed by atoms with E-state index in [0.717, 1.165) is 0 Å². The molecule has 1 rings (SSSR count). The molecule has 0 aliphatic heterocycles. The molecule has 0 atom stereocenters. The van der Waals surface area contributed by atoms with Gasteiger partial charge in [0.05, 0.1) is 5.92 Å². The van der Waals surface area contributed by atoms with Gasteiger partial charge in [-0.05, 0) is 5.92 Å². The number of allylic oxidation sites excluding steroid dienone is 4. The van der Waals surface area contributed by atoms with E-state index in [9.17, 15) is 4.79 Å². The van der Waals surface area contributed by atoms with Gasteiger partial charge >= 0.3 is 0 Å². The van der Waals surface area contributed by atoms with Crippen LogP contribution >= 0.6 is 0 Å². The van der Waals surface area contributed by atoms with Gasteiger partial charge in [0.15, 0.2) is 0 Å². The lowest BCUT2D eigenvalue weighted by molar-refractivity contribution is -0.114. The molecule has 13 heavy (non-hydrogen) atoms. The molecular weight excluding hydrogens is 176 g/mol. The summed E-state index contributed by atoms with van der Waals surface area (Å²) in [5, 5.41) is 0. The molecule has 0 unspecified atom stereocenters. The first-order valence-corrected chi connectivity index (χ1v) is 7.91. The first-order chi connectivity index (χ1) is 5.99. The van der Waals surface area contributed by atoms with Crippen molar-refractivity contribution in [3.63, 3.8) is 0 Å². The zero-order valence-corrected chi connectivity index (χ0v) is 9.29. The van der Waals surface area contributed by atoms with Gasteiger partial charge in [-0.25, -0.2) is 0 Å². The lowest BCUT2D eigenvalue weighted by Gasteiger charge is -2.03. The van der Waals surface area contributed by atoms with Crippen molar-refractivity contribution < 1.29 is 4.79 Å². The summed E-state index contributed by atoms with van der Waals surface area (Å²) in [4.78, 5) is 11.4. The van der Waals surface area contributed by atoms with Crippen LogP contribution in [0.1, 0.15) is 0 Å². The minimum absolute atomic E-state index is 0.0208. The molecule has 0 fully saturated rings. The normalized spacial score (nSPS) is 15.6. The molecule has 0 spiro atoms. The van der Waals surface area contributed by atoms with Crippen molar-refractivity contribution in [2.45, 2.75) is 19.6 Å². The number of carbonyl (C=O) groups excluding carboxylic acids is 1. The Morgan fingerprint density at radius 2 is 1.77 bits per heavy atom. The van der Waals surface area contributed by atoms with E-state index in [-0.39, 0.29) is 11.7 Å². The summed E-state index contributed by atoms with van der Waals surface area (Å²) in [5.41, 5.74) is 3.07. The highest BCUT2D eigenvalue weighted by Crippen LogP contribution is 2.09. The smallest absolute Gasteiger partial charge is 0.215 e. The van der Waals surface area contributed by atoms with E-state index in [1.165, 1.54) is 0 Å². The fraction of sp³-hybridized carbons (Fsp3) is 0.364. The Balaban J connectivity index is 2.63. The van der Waals surface area contributed by atoms with E-state index in [1.54, 1.807) is 0 Å². The summed E-state index contributed by atoms with van der Waals surface area (Å²) < 4.78 is 0. The van der Waals surface area contributed by atoms with E-state index in [1.807, 2.05) is 24.3 Å². The topological polar surface area (TPSA) is 17.1 Å². The average Bonchev–Trinajstić information content (AvgIpc) is 2.50. The van der Waals surface area contributed by atoms with Crippen LogP contribution in [0.15, 0.2) is 24.3 Å². The third-order valence-corrected chi connectivity index (χ3v) is 2.49. The summed E-state index contributed by atoms with van der Waals surface area (Å²) in [6.45, 7) is 6.40. The number of rotatable bonds is 1. The highest BCUT2D eigenvalue weighted by molar-refractivity contribution is 6.84. The molecule has 0 aromatic carbocycles. The molecule has 0 aromatic rings. The SMILES string of the molecule is C[Si](C)(C)C#CC(=O)C1C=CC=C1. The molecule has 0 bridgehead atoms. The summed E-state index contributed by atoms with van der Waals surface area (Å²) in [6, 6.07) is 0. The van der Waals surface area contributed by atoms with Crippen LogP contribution in [0.25, 0.3) is 0 Å². The van der Waals surface area contributed by atoms with Crippen LogP contribution in [0.5, 0.6) is 0 Å². The van der Waals surface area contributed by atoms with Gasteiger partial charge in [-0.3, -0.25) is 4.79 Å². The van der Waals surface area contributed by atoms with Crippen molar-refractivity contribution >= 4 is 13.9 Å². The molecule has 1 nitrogen and oxygen atoms in total. The maximum Gasteiger partial charge on any atom is 0.215 e. The van der Waals surface area contributed by atoms with Crippen LogP contribution in [0, 0.1) is 17.4 Å². The third-order valence-electron chi connectivity index (χ3n) is 1.61. The average molecular weight is 190 g/mol. The molecule has 0 radical (unpaired) electrons. The first-order valence-electron chi connectivity index (χ1n) is 4.41. The predicted octanol–water partition coefficient (Wildman–Crippen LogP) is 2.18. The predicted molar refractivity (Wildman–Crippen MR) is 57.9 cm³/mol. The number of ketones is 1. The number of hydrogen-bond acceptors (Lipinski definition) is 1. The van der Waals surface area contributed by atoms with Crippen LogP contribution in [0.3, 0.4) is 0 Å². The summed E-state index contributed by atoms with van der Waals surface area (Å²) in [5.74, 6) is 2.66. The Hall–Kier alpha value is -1.07. The van der Waals surface area contributed by atoms with Gasteiger partial charge in [0.2, 0.25) is 5.78 Å². The maximum absolute atomic E-state index is 11.4. The third kappa shape index (κ3) is 3.43. The van der Waals surface area contributed by atoms with Crippen molar-refractivity contribution in [3.05, 3.63) is 24.3 Å². The molecule has 1 aliphatic rings. The molecule has 0 heterocycles. The molecule has 0 N–H and O–H groups in total. The molecule has 1 aliphatic carbocycles. The largest absolute Gasteiger partial charge is 0.284 e. The highest BCUT2D eigenvalue weighted by Gasteiger charge is 2.13. The second-order valence-corrected chi connectivity index (χ2v) is 8.91. The van der Waals surface area contributed by atoms with Crippen molar-refractivity contribution in [2.75, 3.05) is 0 Å².